The van der Waals surface area contributed by atoms with Gasteiger partial charge in [-0.25, -0.2) is 0 Å². The van der Waals surface area contributed by atoms with Crippen LogP contribution < -0.4 is 9.47 Å². The van der Waals surface area contributed by atoms with Crippen molar-refractivity contribution in [2.45, 2.75) is 32.0 Å². The molecule has 2 aliphatic rings. The number of aliphatic hydroxyl groups excluding tert-OH is 2. The zero-order valence-corrected chi connectivity index (χ0v) is 24.9. The number of ketones is 1. The average molecular weight is 583 g/mol. The molecule has 226 valence electrons. The van der Waals surface area contributed by atoms with E-state index >= 15 is 0 Å². The summed E-state index contributed by atoms with van der Waals surface area (Å²) in [4.78, 5) is 16.7. The van der Waals surface area contributed by atoms with Gasteiger partial charge in [0.05, 0.1) is 5.56 Å². The van der Waals surface area contributed by atoms with Gasteiger partial charge in [-0.1, -0.05) is 72.8 Å². The fraction of sp³-hybridized carbons (Fsp3) is 0.361. The van der Waals surface area contributed by atoms with Gasteiger partial charge in [-0.2, -0.15) is 0 Å². The second-order valence-electron chi connectivity index (χ2n) is 11.4. The third kappa shape index (κ3) is 8.88. The summed E-state index contributed by atoms with van der Waals surface area (Å²) in [5, 5.41) is 21.4. The Labute approximate surface area is 254 Å². The number of hydrogen-bond acceptors (Lipinski definition) is 7. The van der Waals surface area contributed by atoms with Crippen LogP contribution in [-0.2, 0) is 0 Å². The quantitative estimate of drug-likeness (QED) is 0.276. The molecule has 7 nitrogen and oxygen atoms in total. The molecule has 0 spiro atoms. The van der Waals surface area contributed by atoms with E-state index in [0.29, 0.717) is 30.2 Å². The predicted octanol–water partition coefficient (Wildman–Crippen LogP) is 4.95. The molecule has 3 aromatic carbocycles. The minimum Gasteiger partial charge on any atom is -0.491 e. The lowest BCUT2D eigenvalue weighted by atomic mass is 9.99. The van der Waals surface area contributed by atoms with Crippen molar-refractivity contribution in [2.75, 3.05) is 52.5 Å². The molecule has 0 saturated carbocycles. The van der Waals surface area contributed by atoms with E-state index in [9.17, 15) is 15.0 Å². The average Bonchev–Trinajstić information content (AvgIpc) is 3.04. The molecule has 2 N–H and O–H groups in total. The van der Waals surface area contributed by atoms with Crippen LogP contribution in [0.1, 0.15) is 41.3 Å². The molecule has 0 amide bonds. The monoisotopic (exact) mass is 582 g/mol. The second kappa shape index (κ2) is 15.1. The smallest absolute Gasteiger partial charge is 0.163 e. The number of ether oxygens (including phenoxy) is 2. The Hall–Kier alpha value is -3.75. The molecule has 3 aromatic rings. The van der Waals surface area contributed by atoms with E-state index in [0.717, 1.165) is 39.0 Å². The van der Waals surface area contributed by atoms with Crippen molar-refractivity contribution in [1.29, 1.82) is 0 Å². The maximum atomic E-state index is 12.2. The van der Waals surface area contributed by atoms with Crippen LogP contribution in [0.15, 0.2) is 91.0 Å². The lowest BCUT2D eigenvalue weighted by Crippen LogP contribution is -2.38. The van der Waals surface area contributed by atoms with Gasteiger partial charge in [-0.05, 0) is 54.2 Å². The first-order chi connectivity index (χ1) is 20.9. The summed E-state index contributed by atoms with van der Waals surface area (Å²) in [5.74, 6) is 0.754. The van der Waals surface area contributed by atoms with E-state index in [-0.39, 0.29) is 19.0 Å². The van der Waals surface area contributed by atoms with E-state index in [2.05, 4.69) is 70.5 Å². The van der Waals surface area contributed by atoms with Crippen molar-refractivity contribution in [3.8, 4) is 11.5 Å². The first-order valence-electron chi connectivity index (χ1n) is 15.1. The van der Waals surface area contributed by atoms with Crippen LogP contribution in [0.4, 0.5) is 0 Å². The van der Waals surface area contributed by atoms with Crippen LogP contribution in [0.5, 0.6) is 11.5 Å². The molecular weight excluding hydrogens is 540 g/mol. The number of β-amino-alcohol motifs (C(OH)–C–C–N with tert-alkyl or cyclic N) is 2. The molecule has 0 saturated heterocycles. The number of carbonyl (C=O) groups excluding carboxylic acids is 1. The van der Waals surface area contributed by atoms with Crippen LogP contribution in [-0.4, -0.2) is 90.5 Å². The molecule has 7 heteroatoms. The number of Topliss-reactive ketones (excluding diaryl/α,β-unsaturated/α-hetero) is 1. The van der Waals surface area contributed by atoms with Crippen molar-refractivity contribution in [3.63, 3.8) is 0 Å². The fourth-order valence-corrected chi connectivity index (χ4v) is 5.67. The first-order valence-corrected chi connectivity index (χ1v) is 15.1. The lowest BCUT2D eigenvalue weighted by Gasteiger charge is -2.28. The van der Waals surface area contributed by atoms with E-state index in [4.69, 9.17) is 9.47 Å². The van der Waals surface area contributed by atoms with Gasteiger partial charge < -0.3 is 19.7 Å². The maximum Gasteiger partial charge on any atom is 0.163 e. The number of carbonyl (C=O) groups is 1. The Morgan fingerprint density at radius 1 is 0.744 bits per heavy atom. The molecule has 2 atom stereocenters. The highest BCUT2D eigenvalue weighted by Crippen LogP contribution is 2.27. The zero-order valence-electron chi connectivity index (χ0n) is 24.9. The van der Waals surface area contributed by atoms with E-state index in [1.807, 2.05) is 12.1 Å². The molecule has 2 heterocycles. The highest BCUT2D eigenvalue weighted by Gasteiger charge is 2.20. The Kier molecular flexibility index (Phi) is 10.8. The summed E-state index contributed by atoms with van der Waals surface area (Å²) in [7, 11) is 0. The highest BCUT2D eigenvalue weighted by atomic mass is 16.5. The zero-order chi connectivity index (χ0) is 30.0. The van der Waals surface area contributed by atoms with Gasteiger partial charge in [0, 0.05) is 45.3 Å². The van der Waals surface area contributed by atoms with Crippen molar-refractivity contribution in [1.82, 2.24) is 9.80 Å². The second-order valence-corrected chi connectivity index (χ2v) is 11.4. The summed E-state index contributed by atoms with van der Waals surface area (Å²) in [6.45, 7) is 5.98. The number of hydrogen-bond donors (Lipinski definition) is 2. The van der Waals surface area contributed by atoms with E-state index < -0.39 is 12.2 Å². The fourth-order valence-electron chi connectivity index (χ4n) is 5.67. The number of benzene rings is 3. The van der Waals surface area contributed by atoms with Crippen molar-refractivity contribution >= 4 is 16.9 Å². The van der Waals surface area contributed by atoms with E-state index in [1.54, 1.807) is 18.2 Å². The highest BCUT2D eigenvalue weighted by molar-refractivity contribution is 5.97. The molecule has 0 radical (unpaired) electrons. The van der Waals surface area contributed by atoms with Gasteiger partial charge in [-0.3, -0.25) is 14.6 Å². The lowest BCUT2D eigenvalue weighted by molar-refractivity contribution is 0.0684. The predicted molar refractivity (Wildman–Crippen MR) is 170 cm³/mol. The van der Waals surface area contributed by atoms with Gasteiger partial charge in [0.25, 0.3) is 0 Å². The third-order valence-electron chi connectivity index (χ3n) is 8.02. The molecule has 0 aliphatic carbocycles. The van der Waals surface area contributed by atoms with Crippen molar-refractivity contribution in [3.05, 3.63) is 108 Å². The number of rotatable bonds is 13. The number of aliphatic hydroxyl groups is 2. The summed E-state index contributed by atoms with van der Waals surface area (Å²) in [5.41, 5.74) is 5.62. The topological polar surface area (TPSA) is 82.5 Å². The number of nitrogens with zero attached hydrogens (tertiary/aromatic N) is 2. The maximum absolute atomic E-state index is 12.2. The largest absolute Gasteiger partial charge is 0.491 e. The van der Waals surface area contributed by atoms with Gasteiger partial charge in [-0.15, -0.1) is 0 Å². The van der Waals surface area contributed by atoms with Crippen LogP contribution in [0.2, 0.25) is 0 Å². The first kappa shape index (κ1) is 30.7. The summed E-state index contributed by atoms with van der Waals surface area (Å²) in [6.07, 6.45) is 4.96. The summed E-state index contributed by atoms with van der Waals surface area (Å²) < 4.78 is 11.8. The van der Waals surface area contributed by atoms with Crippen molar-refractivity contribution in [2.24, 2.45) is 0 Å². The Morgan fingerprint density at radius 2 is 1.26 bits per heavy atom. The van der Waals surface area contributed by atoms with Crippen molar-refractivity contribution < 1.29 is 24.5 Å². The SMILES string of the molecule is CC(=O)c1ccc(OCC(O)CN2CC=C(c3ccccc3)CC2)cc1OCC(O)CN1CC=C(c2ccccc2)CC1. The molecule has 0 bridgehead atoms. The molecular formula is C36H42N2O5. The van der Waals surface area contributed by atoms with Gasteiger partial charge in [0.2, 0.25) is 0 Å². The molecule has 2 unspecified atom stereocenters. The van der Waals surface area contributed by atoms with Gasteiger partial charge in [0.15, 0.2) is 5.78 Å². The Balaban J connectivity index is 1.09. The van der Waals surface area contributed by atoms with Gasteiger partial charge >= 0.3 is 0 Å². The molecule has 2 aliphatic heterocycles. The third-order valence-corrected chi connectivity index (χ3v) is 8.02. The summed E-state index contributed by atoms with van der Waals surface area (Å²) in [6, 6.07) is 25.8. The van der Waals surface area contributed by atoms with Crippen LogP contribution in [0.3, 0.4) is 0 Å². The van der Waals surface area contributed by atoms with Crippen LogP contribution in [0, 0.1) is 0 Å². The minimum atomic E-state index is -0.709. The normalized spacial score (nSPS) is 17.5. The molecule has 0 fully saturated rings. The van der Waals surface area contributed by atoms with E-state index in [1.165, 1.54) is 29.2 Å². The minimum absolute atomic E-state index is 0.0611. The standard InChI is InChI=1S/C36H42N2O5/c1-27(39)35-13-12-34(42-25-32(40)23-37-18-14-30(15-19-37)28-8-4-2-5-9-28)22-36(35)43-26-33(41)24-38-20-16-31(17-21-38)29-10-6-3-7-11-29/h2-14,16,22,32-33,40-41H,15,17-21,23-26H2,1H3. The molecule has 43 heavy (non-hydrogen) atoms. The Morgan fingerprint density at radius 3 is 1.72 bits per heavy atom. The van der Waals surface area contributed by atoms with Crippen LogP contribution in [0.25, 0.3) is 11.1 Å². The van der Waals surface area contributed by atoms with Crippen LogP contribution >= 0.6 is 0 Å². The molecule has 5 rings (SSSR count). The Bertz CT molecular complexity index is 1410. The van der Waals surface area contributed by atoms with Gasteiger partial charge in [0.1, 0.15) is 36.9 Å². The molecule has 0 aromatic heterocycles. The summed E-state index contributed by atoms with van der Waals surface area (Å²) >= 11 is 0.